The van der Waals surface area contributed by atoms with Gasteiger partial charge in [0.05, 0.1) is 10.5 Å². The minimum absolute atomic E-state index is 0.0738. The number of carbonyl (C=O) groups excluding carboxylic acids is 2. The predicted molar refractivity (Wildman–Crippen MR) is 114 cm³/mol. The third kappa shape index (κ3) is 6.11. The number of benzene rings is 2. The van der Waals surface area contributed by atoms with Gasteiger partial charge in [-0.15, -0.1) is 0 Å². The van der Waals surface area contributed by atoms with E-state index in [2.05, 4.69) is 10.6 Å². The molecule has 0 aromatic heterocycles. The van der Waals surface area contributed by atoms with Crippen molar-refractivity contribution in [2.24, 2.45) is 0 Å². The first-order chi connectivity index (χ1) is 15.7. The molecule has 12 heteroatoms. The number of carbonyl (C=O) groups is 2. The number of hydrogen-bond acceptors (Lipinski definition) is 5. The Balaban J connectivity index is 1.45. The van der Waals surface area contributed by atoms with Crippen LogP contribution in [0.1, 0.15) is 15.9 Å². The molecule has 0 saturated carbocycles. The van der Waals surface area contributed by atoms with Crippen molar-refractivity contribution in [2.75, 3.05) is 44.6 Å². The summed E-state index contributed by atoms with van der Waals surface area (Å²) in [5.74, 6) is -0.0991. The zero-order chi connectivity index (χ0) is 24.0. The fourth-order valence-electron chi connectivity index (χ4n) is 3.36. The molecule has 0 spiro atoms. The van der Waals surface area contributed by atoms with Gasteiger partial charge >= 0.3 is 12.2 Å². The van der Waals surface area contributed by atoms with Crippen molar-refractivity contribution in [3.8, 4) is 0 Å². The molecule has 1 aliphatic heterocycles. The van der Waals surface area contributed by atoms with Gasteiger partial charge in [-0.2, -0.15) is 13.2 Å². The molecular formula is C21H22F3N5O4. The lowest BCUT2D eigenvalue weighted by Gasteiger charge is -2.34. The van der Waals surface area contributed by atoms with Crippen LogP contribution in [0.2, 0.25) is 0 Å². The second-order valence-corrected chi connectivity index (χ2v) is 7.29. The smallest absolute Gasteiger partial charge is 0.378 e. The Kier molecular flexibility index (Phi) is 7.36. The summed E-state index contributed by atoms with van der Waals surface area (Å²) in [6.07, 6.45) is -4.69. The number of nitro groups is 1. The molecule has 33 heavy (non-hydrogen) atoms. The number of anilines is 1. The van der Waals surface area contributed by atoms with Crippen molar-refractivity contribution in [2.45, 2.75) is 6.18 Å². The summed E-state index contributed by atoms with van der Waals surface area (Å²) in [6.45, 7) is 1.64. The molecule has 3 amide bonds. The molecule has 0 bridgehead atoms. The van der Waals surface area contributed by atoms with Crippen molar-refractivity contribution in [1.82, 2.24) is 15.1 Å². The number of urea groups is 1. The maximum Gasteiger partial charge on any atom is 0.416 e. The molecule has 0 unspecified atom stereocenters. The number of nitro benzene ring substituents is 1. The lowest BCUT2D eigenvalue weighted by Crippen LogP contribution is -2.53. The number of nitrogens with one attached hydrogen (secondary N) is 2. The fourth-order valence-corrected chi connectivity index (χ4v) is 3.36. The highest BCUT2D eigenvalue weighted by atomic mass is 19.4. The molecule has 0 radical (unpaired) electrons. The summed E-state index contributed by atoms with van der Waals surface area (Å²) in [5.41, 5.74) is -1.30. The number of amides is 3. The highest BCUT2D eigenvalue weighted by Crippen LogP contribution is 2.34. The lowest BCUT2D eigenvalue weighted by atomic mass is 10.1. The normalized spacial score (nSPS) is 14.0. The van der Waals surface area contributed by atoms with E-state index in [0.717, 1.165) is 12.1 Å². The van der Waals surface area contributed by atoms with E-state index in [0.29, 0.717) is 37.8 Å². The maximum atomic E-state index is 12.8. The van der Waals surface area contributed by atoms with Crippen LogP contribution in [0.5, 0.6) is 0 Å². The van der Waals surface area contributed by atoms with Crippen LogP contribution in [0.4, 0.5) is 29.3 Å². The van der Waals surface area contributed by atoms with Gasteiger partial charge in [-0.1, -0.05) is 18.2 Å². The molecule has 1 aliphatic rings. The largest absolute Gasteiger partial charge is 0.416 e. The third-order valence-electron chi connectivity index (χ3n) is 5.11. The van der Waals surface area contributed by atoms with Crippen molar-refractivity contribution >= 4 is 23.3 Å². The number of nitrogens with zero attached hydrogens (tertiary/aromatic N) is 3. The molecular weight excluding hydrogens is 443 g/mol. The van der Waals surface area contributed by atoms with Crippen molar-refractivity contribution in [1.29, 1.82) is 0 Å². The molecule has 1 fully saturated rings. The van der Waals surface area contributed by atoms with E-state index in [1.54, 1.807) is 34.1 Å². The van der Waals surface area contributed by atoms with E-state index in [4.69, 9.17) is 0 Å². The number of halogens is 3. The van der Waals surface area contributed by atoms with Gasteiger partial charge in [0, 0.05) is 50.9 Å². The molecule has 176 valence electrons. The first-order valence-corrected chi connectivity index (χ1v) is 10.1. The summed E-state index contributed by atoms with van der Waals surface area (Å²) in [7, 11) is 0. The molecule has 1 heterocycles. The maximum absolute atomic E-state index is 12.8. The van der Waals surface area contributed by atoms with Crippen LogP contribution in [-0.4, -0.2) is 65.9 Å². The average molecular weight is 465 g/mol. The topological polar surface area (TPSA) is 108 Å². The Morgan fingerprint density at radius 1 is 0.970 bits per heavy atom. The van der Waals surface area contributed by atoms with Crippen LogP contribution in [0, 0.1) is 10.1 Å². The number of hydrogen-bond donors (Lipinski definition) is 2. The van der Waals surface area contributed by atoms with Crippen LogP contribution >= 0.6 is 0 Å². The van der Waals surface area contributed by atoms with Crippen LogP contribution in [0.3, 0.4) is 0 Å². The fraction of sp³-hybridized carbons (Fsp3) is 0.333. The predicted octanol–water partition coefficient (Wildman–Crippen LogP) is 3.19. The van der Waals surface area contributed by atoms with Gasteiger partial charge in [-0.25, -0.2) is 4.79 Å². The van der Waals surface area contributed by atoms with Gasteiger partial charge in [-0.3, -0.25) is 14.9 Å². The van der Waals surface area contributed by atoms with Crippen LogP contribution < -0.4 is 10.6 Å². The van der Waals surface area contributed by atoms with E-state index < -0.39 is 22.4 Å². The second-order valence-electron chi connectivity index (χ2n) is 7.29. The molecule has 0 atom stereocenters. The van der Waals surface area contributed by atoms with Gasteiger partial charge in [0.1, 0.15) is 5.69 Å². The van der Waals surface area contributed by atoms with Crippen LogP contribution in [-0.2, 0) is 6.18 Å². The Bertz CT molecular complexity index is 1010. The molecule has 1 saturated heterocycles. The van der Waals surface area contributed by atoms with Crippen molar-refractivity contribution < 1.29 is 27.7 Å². The molecule has 0 aliphatic carbocycles. The minimum atomic E-state index is -4.69. The number of rotatable bonds is 6. The minimum Gasteiger partial charge on any atom is -0.378 e. The molecule has 3 rings (SSSR count). The molecule has 2 aromatic carbocycles. The zero-order valence-corrected chi connectivity index (χ0v) is 17.5. The Hall–Kier alpha value is -3.83. The van der Waals surface area contributed by atoms with Gasteiger partial charge in [0.15, 0.2) is 0 Å². The number of alkyl halides is 3. The van der Waals surface area contributed by atoms with E-state index in [9.17, 15) is 32.9 Å². The van der Waals surface area contributed by atoms with E-state index in [-0.39, 0.29) is 30.7 Å². The SMILES string of the molecule is O=C(NCCNc1ccc(C(F)(F)F)cc1[N+](=O)[O-])N1CCN(C(=O)c2ccccc2)CC1. The van der Waals surface area contributed by atoms with Gasteiger partial charge < -0.3 is 20.4 Å². The Labute approximate surface area is 187 Å². The Morgan fingerprint density at radius 2 is 1.61 bits per heavy atom. The Morgan fingerprint density at radius 3 is 2.21 bits per heavy atom. The number of piperazine rings is 1. The highest BCUT2D eigenvalue weighted by Gasteiger charge is 2.33. The molecule has 2 aromatic rings. The standard InChI is InChI=1S/C21H22F3N5O4/c22-21(23,24)16-6-7-17(18(14-16)29(32)33)25-8-9-26-20(31)28-12-10-27(11-13-28)19(30)15-4-2-1-3-5-15/h1-7,14,25H,8-13H2,(H,26,31). The van der Waals surface area contributed by atoms with Crippen molar-refractivity contribution in [3.05, 3.63) is 69.8 Å². The van der Waals surface area contributed by atoms with Gasteiger partial charge in [-0.05, 0) is 24.3 Å². The first kappa shape index (κ1) is 23.8. The van der Waals surface area contributed by atoms with E-state index >= 15 is 0 Å². The van der Waals surface area contributed by atoms with Crippen molar-refractivity contribution in [3.63, 3.8) is 0 Å². The van der Waals surface area contributed by atoms with Gasteiger partial charge in [0.25, 0.3) is 11.6 Å². The van der Waals surface area contributed by atoms with Gasteiger partial charge in [0.2, 0.25) is 0 Å². The lowest BCUT2D eigenvalue weighted by molar-refractivity contribution is -0.384. The average Bonchev–Trinajstić information content (AvgIpc) is 2.81. The summed E-state index contributed by atoms with van der Waals surface area (Å²) in [4.78, 5) is 38.2. The second kappa shape index (κ2) is 10.2. The van der Waals surface area contributed by atoms with E-state index in [1.807, 2.05) is 6.07 Å². The van der Waals surface area contributed by atoms with E-state index in [1.165, 1.54) is 0 Å². The summed E-state index contributed by atoms with van der Waals surface area (Å²) in [5, 5.41) is 16.4. The molecule has 9 nitrogen and oxygen atoms in total. The summed E-state index contributed by atoms with van der Waals surface area (Å²) < 4.78 is 38.3. The quantitative estimate of drug-likeness (QED) is 0.387. The third-order valence-corrected chi connectivity index (χ3v) is 5.11. The summed E-state index contributed by atoms with van der Waals surface area (Å²) in [6, 6.07) is 10.7. The zero-order valence-electron chi connectivity index (χ0n) is 17.5. The van der Waals surface area contributed by atoms with Crippen LogP contribution in [0.25, 0.3) is 0 Å². The molecule has 2 N–H and O–H groups in total. The highest BCUT2D eigenvalue weighted by molar-refractivity contribution is 5.94. The first-order valence-electron chi connectivity index (χ1n) is 10.1. The van der Waals surface area contributed by atoms with Crippen LogP contribution in [0.15, 0.2) is 48.5 Å². The monoisotopic (exact) mass is 465 g/mol. The summed E-state index contributed by atoms with van der Waals surface area (Å²) >= 11 is 0.